The molecule has 1 aromatic carbocycles. The smallest absolute Gasteiger partial charge is 0.244 e. The van der Waals surface area contributed by atoms with Gasteiger partial charge >= 0.3 is 0 Å². The molecular formula is C19H19FN4O2. The number of likely N-dealkylation sites (tertiary alicyclic amines) is 1. The molecule has 1 aliphatic heterocycles. The van der Waals surface area contributed by atoms with Crippen LogP contribution < -0.4 is 4.74 Å². The van der Waals surface area contributed by atoms with Crippen molar-refractivity contribution in [3.63, 3.8) is 0 Å². The molecule has 1 atom stereocenters. The number of hydrogen-bond acceptors (Lipinski definition) is 6. The van der Waals surface area contributed by atoms with Crippen molar-refractivity contribution in [2.75, 3.05) is 13.7 Å². The zero-order valence-corrected chi connectivity index (χ0v) is 14.4. The molecule has 4 rings (SSSR count). The van der Waals surface area contributed by atoms with Crippen LogP contribution in [-0.4, -0.2) is 33.7 Å². The molecule has 134 valence electrons. The number of aromatic nitrogens is 3. The van der Waals surface area contributed by atoms with E-state index in [1.54, 1.807) is 13.2 Å². The van der Waals surface area contributed by atoms with Gasteiger partial charge in [-0.2, -0.15) is 4.98 Å². The van der Waals surface area contributed by atoms with Crippen LogP contribution in [0.2, 0.25) is 0 Å². The molecule has 6 nitrogen and oxygen atoms in total. The van der Waals surface area contributed by atoms with Gasteiger partial charge in [0.15, 0.2) is 0 Å². The third kappa shape index (κ3) is 3.30. The molecule has 0 amide bonds. The number of pyridine rings is 1. The molecule has 0 spiro atoms. The molecule has 0 radical (unpaired) electrons. The third-order valence-corrected chi connectivity index (χ3v) is 4.61. The van der Waals surface area contributed by atoms with Gasteiger partial charge in [0.05, 0.1) is 19.3 Å². The average Bonchev–Trinajstić information content (AvgIpc) is 3.32. The topological polar surface area (TPSA) is 64.3 Å². The minimum Gasteiger partial charge on any atom is -0.496 e. The van der Waals surface area contributed by atoms with Gasteiger partial charge in [0.2, 0.25) is 11.7 Å². The Balaban J connectivity index is 1.54. The van der Waals surface area contributed by atoms with E-state index in [0.29, 0.717) is 17.4 Å². The predicted octanol–water partition coefficient (Wildman–Crippen LogP) is 3.62. The van der Waals surface area contributed by atoms with Crippen molar-refractivity contribution in [2.45, 2.75) is 25.4 Å². The molecule has 7 heteroatoms. The molecular weight excluding hydrogens is 335 g/mol. The summed E-state index contributed by atoms with van der Waals surface area (Å²) in [5, 5.41) is 4.01. The molecule has 1 aliphatic rings. The number of rotatable bonds is 5. The first kappa shape index (κ1) is 16.7. The molecule has 0 N–H and O–H groups in total. The van der Waals surface area contributed by atoms with E-state index >= 15 is 0 Å². The summed E-state index contributed by atoms with van der Waals surface area (Å²) in [7, 11) is 1.68. The highest BCUT2D eigenvalue weighted by Crippen LogP contribution is 2.34. The van der Waals surface area contributed by atoms with Crippen LogP contribution in [0.3, 0.4) is 0 Å². The van der Waals surface area contributed by atoms with E-state index in [1.807, 2.05) is 18.2 Å². The number of methoxy groups -OCH3 is 1. The van der Waals surface area contributed by atoms with Crippen molar-refractivity contribution in [1.29, 1.82) is 0 Å². The van der Waals surface area contributed by atoms with E-state index in [2.05, 4.69) is 26.1 Å². The van der Waals surface area contributed by atoms with Crippen LogP contribution in [0.25, 0.3) is 11.5 Å². The van der Waals surface area contributed by atoms with Crippen LogP contribution in [0.15, 0.2) is 47.1 Å². The van der Waals surface area contributed by atoms with Gasteiger partial charge in [0.1, 0.15) is 17.3 Å². The van der Waals surface area contributed by atoms with Crippen LogP contribution in [0, 0.1) is 5.82 Å². The van der Waals surface area contributed by atoms with Gasteiger partial charge in [-0.15, -0.1) is 0 Å². The lowest BCUT2D eigenvalue weighted by Gasteiger charge is -2.22. The molecule has 1 saturated heterocycles. The molecule has 2 aromatic heterocycles. The Bertz CT molecular complexity index is 881. The van der Waals surface area contributed by atoms with Gasteiger partial charge in [-0.3, -0.25) is 4.90 Å². The zero-order valence-electron chi connectivity index (χ0n) is 14.4. The Morgan fingerprint density at radius 2 is 2.15 bits per heavy atom. The first-order valence-electron chi connectivity index (χ1n) is 8.56. The number of ether oxygens (including phenoxy) is 1. The van der Waals surface area contributed by atoms with Gasteiger partial charge in [-0.05, 0) is 37.6 Å². The van der Waals surface area contributed by atoms with Crippen molar-refractivity contribution >= 4 is 0 Å². The summed E-state index contributed by atoms with van der Waals surface area (Å²) >= 11 is 0. The Hall–Kier alpha value is -2.80. The second kappa shape index (κ2) is 7.21. The maximum Gasteiger partial charge on any atom is 0.244 e. The molecule has 0 bridgehead atoms. The van der Waals surface area contributed by atoms with E-state index in [4.69, 9.17) is 9.26 Å². The highest BCUT2D eigenvalue weighted by molar-refractivity contribution is 5.47. The fourth-order valence-electron chi connectivity index (χ4n) is 3.33. The van der Waals surface area contributed by atoms with Gasteiger partial charge < -0.3 is 9.26 Å². The van der Waals surface area contributed by atoms with Gasteiger partial charge in [-0.1, -0.05) is 23.4 Å². The fraction of sp³-hybridized carbons (Fsp3) is 0.316. The number of hydrogen-bond donors (Lipinski definition) is 0. The van der Waals surface area contributed by atoms with Crippen molar-refractivity contribution < 1.29 is 13.7 Å². The number of halogens is 1. The summed E-state index contributed by atoms with van der Waals surface area (Å²) < 4.78 is 24.0. The predicted molar refractivity (Wildman–Crippen MR) is 92.9 cm³/mol. The highest BCUT2D eigenvalue weighted by Gasteiger charge is 2.31. The quantitative estimate of drug-likeness (QED) is 0.697. The van der Waals surface area contributed by atoms with E-state index in [0.717, 1.165) is 43.4 Å². The first-order chi connectivity index (χ1) is 12.7. The molecule has 0 aliphatic carbocycles. The van der Waals surface area contributed by atoms with Crippen LogP contribution in [-0.2, 0) is 6.54 Å². The van der Waals surface area contributed by atoms with Crippen LogP contribution in [0.1, 0.15) is 30.3 Å². The Morgan fingerprint density at radius 3 is 2.96 bits per heavy atom. The minimum atomic E-state index is -0.392. The Morgan fingerprint density at radius 1 is 1.27 bits per heavy atom. The number of benzene rings is 1. The lowest BCUT2D eigenvalue weighted by Crippen LogP contribution is -2.23. The third-order valence-electron chi connectivity index (χ3n) is 4.61. The van der Waals surface area contributed by atoms with E-state index in [-0.39, 0.29) is 6.04 Å². The summed E-state index contributed by atoms with van der Waals surface area (Å²) in [5.74, 6) is 1.43. The Labute approximate surface area is 150 Å². The molecule has 3 aromatic rings. The normalized spacial score (nSPS) is 17.5. The second-order valence-electron chi connectivity index (χ2n) is 6.26. The summed E-state index contributed by atoms with van der Waals surface area (Å²) in [6, 6.07) is 10.9. The molecule has 0 saturated carbocycles. The summed E-state index contributed by atoms with van der Waals surface area (Å²) in [6.07, 6.45) is 3.16. The van der Waals surface area contributed by atoms with E-state index < -0.39 is 5.82 Å². The lowest BCUT2D eigenvalue weighted by molar-refractivity contribution is 0.199. The van der Waals surface area contributed by atoms with Crippen LogP contribution in [0.4, 0.5) is 4.39 Å². The minimum absolute atomic E-state index is 0.0570. The van der Waals surface area contributed by atoms with E-state index in [9.17, 15) is 4.39 Å². The van der Waals surface area contributed by atoms with Gasteiger partial charge in [-0.25, -0.2) is 9.37 Å². The molecule has 3 heterocycles. The lowest BCUT2D eigenvalue weighted by atomic mass is 10.1. The van der Waals surface area contributed by atoms with Crippen molar-refractivity contribution in [3.05, 3.63) is 59.9 Å². The van der Waals surface area contributed by atoms with E-state index in [1.165, 1.54) is 6.07 Å². The van der Waals surface area contributed by atoms with Crippen LogP contribution in [0.5, 0.6) is 5.75 Å². The number of para-hydroxylation sites is 1. The van der Waals surface area contributed by atoms with Crippen molar-refractivity contribution in [3.8, 4) is 17.3 Å². The highest BCUT2D eigenvalue weighted by atomic mass is 19.1. The second-order valence-corrected chi connectivity index (χ2v) is 6.26. The first-order valence-corrected chi connectivity index (χ1v) is 8.56. The summed E-state index contributed by atoms with van der Waals surface area (Å²) in [4.78, 5) is 10.8. The maximum atomic E-state index is 13.0. The standard InChI is InChI=1S/C19H19FN4O2/c1-25-17-7-3-2-5-13(17)12-24-10-4-6-16(24)19-22-18(23-26-19)15-9-8-14(20)11-21-15/h2-3,5,7-9,11,16H,4,6,10,12H2,1H3. The summed E-state index contributed by atoms with van der Waals surface area (Å²) in [5.41, 5.74) is 1.62. The largest absolute Gasteiger partial charge is 0.496 e. The summed E-state index contributed by atoms with van der Waals surface area (Å²) in [6.45, 7) is 1.70. The van der Waals surface area contributed by atoms with Gasteiger partial charge in [0.25, 0.3) is 0 Å². The van der Waals surface area contributed by atoms with Gasteiger partial charge in [0, 0.05) is 12.1 Å². The monoisotopic (exact) mass is 354 g/mol. The average molecular weight is 354 g/mol. The number of nitrogens with zero attached hydrogens (tertiary/aromatic N) is 4. The fourth-order valence-corrected chi connectivity index (χ4v) is 3.33. The molecule has 1 fully saturated rings. The Kier molecular flexibility index (Phi) is 4.62. The van der Waals surface area contributed by atoms with Crippen molar-refractivity contribution in [2.24, 2.45) is 0 Å². The SMILES string of the molecule is COc1ccccc1CN1CCCC1c1nc(-c2ccc(F)cn2)no1. The van der Waals surface area contributed by atoms with Crippen LogP contribution >= 0.6 is 0 Å². The zero-order chi connectivity index (χ0) is 17.9. The molecule has 26 heavy (non-hydrogen) atoms. The maximum absolute atomic E-state index is 13.0. The van der Waals surface area contributed by atoms with Crippen molar-refractivity contribution in [1.82, 2.24) is 20.0 Å². The molecule has 1 unspecified atom stereocenters.